The minimum Gasteiger partial charge on any atom is -0.495 e. The zero-order chi connectivity index (χ0) is 17.1. The maximum absolute atomic E-state index is 6.13. The highest BCUT2D eigenvalue weighted by Gasteiger charge is 2.09. The van der Waals surface area contributed by atoms with Crippen LogP contribution in [0.5, 0.6) is 5.75 Å². The van der Waals surface area contributed by atoms with Gasteiger partial charge in [0.1, 0.15) is 17.3 Å². The summed E-state index contributed by atoms with van der Waals surface area (Å²) in [5.41, 5.74) is 1.70. The summed E-state index contributed by atoms with van der Waals surface area (Å²) < 4.78 is 10.4. The van der Waals surface area contributed by atoms with E-state index in [1.807, 2.05) is 19.9 Å². The Bertz CT molecular complexity index is 865. The molecule has 0 bridgehead atoms. The number of benzene rings is 1. The molecule has 0 aliphatic heterocycles. The van der Waals surface area contributed by atoms with E-state index in [0.717, 1.165) is 11.3 Å². The Morgan fingerprint density at radius 3 is 2.67 bits per heavy atom. The lowest BCUT2D eigenvalue weighted by Crippen LogP contribution is -2.01. The van der Waals surface area contributed by atoms with Crippen LogP contribution in [0.4, 0.5) is 23.3 Å². The molecular formula is C16H16ClN5O2. The average molecular weight is 346 g/mol. The molecule has 0 saturated carbocycles. The summed E-state index contributed by atoms with van der Waals surface area (Å²) in [5.74, 6) is 2.88. The molecule has 3 aromatic rings. The first kappa shape index (κ1) is 16.1. The molecule has 7 nitrogen and oxygen atoms in total. The highest BCUT2D eigenvalue weighted by molar-refractivity contribution is 6.31. The molecule has 8 heteroatoms. The van der Waals surface area contributed by atoms with Gasteiger partial charge in [0, 0.05) is 23.4 Å². The number of hydrogen-bond donors (Lipinski definition) is 2. The van der Waals surface area contributed by atoms with E-state index in [0.29, 0.717) is 34.1 Å². The first-order valence-corrected chi connectivity index (χ1v) is 7.57. The Balaban J connectivity index is 1.83. The van der Waals surface area contributed by atoms with Gasteiger partial charge >= 0.3 is 0 Å². The summed E-state index contributed by atoms with van der Waals surface area (Å²) in [5, 5.41) is 10.7. The lowest BCUT2D eigenvalue weighted by Gasteiger charge is -2.13. The van der Waals surface area contributed by atoms with Crippen LogP contribution in [0, 0.1) is 13.8 Å². The summed E-state index contributed by atoms with van der Waals surface area (Å²) in [4.78, 5) is 8.56. The third-order valence-electron chi connectivity index (χ3n) is 3.27. The first-order valence-electron chi connectivity index (χ1n) is 7.19. The largest absolute Gasteiger partial charge is 0.495 e. The number of aryl methyl sites for hydroxylation is 2. The topological polar surface area (TPSA) is 85.1 Å². The molecule has 0 aliphatic rings. The van der Waals surface area contributed by atoms with Gasteiger partial charge in [-0.15, -0.1) is 0 Å². The van der Waals surface area contributed by atoms with E-state index in [4.69, 9.17) is 20.9 Å². The molecule has 1 aromatic carbocycles. The van der Waals surface area contributed by atoms with Crippen LogP contribution in [0.3, 0.4) is 0 Å². The number of ether oxygens (including phenoxy) is 1. The molecule has 124 valence electrons. The molecule has 2 heterocycles. The van der Waals surface area contributed by atoms with Crippen LogP contribution in [0.1, 0.15) is 11.3 Å². The van der Waals surface area contributed by atoms with Crippen LogP contribution in [0.25, 0.3) is 0 Å². The molecule has 0 unspecified atom stereocenters. The number of nitrogens with one attached hydrogen (secondary N) is 2. The lowest BCUT2D eigenvalue weighted by molar-refractivity contribution is 0.400. The van der Waals surface area contributed by atoms with Crippen molar-refractivity contribution in [3.8, 4) is 5.75 Å². The molecule has 2 aromatic heterocycles. The number of anilines is 4. The van der Waals surface area contributed by atoms with Crippen LogP contribution in [-0.4, -0.2) is 22.2 Å². The molecular weight excluding hydrogens is 330 g/mol. The Kier molecular flexibility index (Phi) is 4.52. The molecule has 0 radical (unpaired) electrons. The van der Waals surface area contributed by atoms with Crippen molar-refractivity contribution < 1.29 is 9.26 Å². The van der Waals surface area contributed by atoms with E-state index >= 15 is 0 Å². The highest BCUT2D eigenvalue weighted by atomic mass is 35.5. The summed E-state index contributed by atoms with van der Waals surface area (Å²) in [6.45, 7) is 3.74. The fourth-order valence-corrected chi connectivity index (χ4v) is 2.25. The number of methoxy groups -OCH3 is 1. The van der Waals surface area contributed by atoms with Gasteiger partial charge in [-0.1, -0.05) is 16.8 Å². The van der Waals surface area contributed by atoms with E-state index in [1.54, 1.807) is 31.5 Å². The summed E-state index contributed by atoms with van der Waals surface area (Å²) in [6, 6.07) is 7.17. The van der Waals surface area contributed by atoms with E-state index in [-0.39, 0.29) is 0 Å². The van der Waals surface area contributed by atoms with Crippen molar-refractivity contribution in [2.75, 3.05) is 17.7 Å². The Hall–Kier alpha value is -2.80. The molecule has 0 saturated heterocycles. The Labute approximate surface area is 144 Å². The Morgan fingerprint density at radius 1 is 1.12 bits per heavy atom. The van der Waals surface area contributed by atoms with E-state index in [2.05, 4.69) is 25.8 Å². The Morgan fingerprint density at radius 2 is 1.96 bits per heavy atom. The van der Waals surface area contributed by atoms with Crippen LogP contribution >= 0.6 is 11.6 Å². The fourth-order valence-electron chi connectivity index (χ4n) is 2.10. The highest BCUT2D eigenvalue weighted by Crippen LogP contribution is 2.32. The lowest BCUT2D eigenvalue weighted by atomic mass is 10.2. The number of rotatable bonds is 5. The summed E-state index contributed by atoms with van der Waals surface area (Å²) in [6.07, 6.45) is 1.64. The van der Waals surface area contributed by atoms with Gasteiger partial charge < -0.3 is 19.9 Å². The summed E-state index contributed by atoms with van der Waals surface area (Å²) >= 11 is 6.13. The molecule has 0 spiro atoms. The standard InChI is InChI=1S/C16H16ClN5O2/c1-9-6-12(13(23-3)8-11(9)17)19-14-4-5-18-16(20-14)21-15-7-10(2)24-22-15/h4-8H,1-3H3,(H2,18,19,20,21,22). The predicted molar refractivity (Wildman–Crippen MR) is 92.6 cm³/mol. The number of hydrogen-bond acceptors (Lipinski definition) is 7. The molecule has 0 amide bonds. The van der Waals surface area contributed by atoms with Crippen molar-refractivity contribution in [2.45, 2.75) is 13.8 Å². The molecule has 0 aliphatic carbocycles. The van der Waals surface area contributed by atoms with Gasteiger partial charge in [-0.2, -0.15) is 4.98 Å². The summed E-state index contributed by atoms with van der Waals surface area (Å²) in [7, 11) is 1.59. The molecule has 3 rings (SSSR count). The smallest absolute Gasteiger partial charge is 0.230 e. The number of halogens is 1. The third kappa shape index (κ3) is 3.57. The maximum atomic E-state index is 6.13. The molecule has 0 atom stereocenters. The van der Waals surface area contributed by atoms with E-state index in [9.17, 15) is 0 Å². The van der Waals surface area contributed by atoms with Crippen molar-refractivity contribution in [3.05, 3.63) is 46.8 Å². The molecule has 2 N–H and O–H groups in total. The molecule has 0 fully saturated rings. The van der Waals surface area contributed by atoms with Gasteiger partial charge in [0.2, 0.25) is 5.95 Å². The second kappa shape index (κ2) is 6.76. The van der Waals surface area contributed by atoms with Gasteiger partial charge in [-0.05, 0) is 31.5 Å². The van der Waals surface area contributed by atoms with Crippen LogP contribution in [0.15, 0.2) is 35.0 Å². The molecule has 24 heavy (non-hydrogen) atoms. The first-order chi connectivity index (χ1) is 11.5. The fraction of sp³-hybridized carbons (Fsp3) is 0.188. The second-order valence-electron chi connectivity index (χ2n) is 5.14. The maximum Gasteiger partial charge on any atom is 0.230 e. The number of nitrogens with zero attached hydrogens (tertiary/aromatic N) is 3. The van der Waals surface area contributed by atoms with Gasteiger partial charge in [-0.3, -0.25) is 0 Å². The van der Waals surface area contributed by atoms with Crippen molar-refractivity contribution in [1.82, 2.24) is 15.1 Å². The van der Waals surface area contributed by atoms with Crippen LogP contribution < -0.4 is 15.4 Å². The third-order valence-corrected chi connectivity index (χ3v) is 3.67. The van der Waals surface area contributed by atoms with Crippen molar-refractivity contribution in [2.24, 2.45) is 0 Å². The SMILES string of the molecule is COc1cc(Cl)c(C)cc1Nc1ccnc(Nc2cc(C)on2)n1. The van der Waals surface area contributed by atoms with Gasteiger partial charge in [-0.25, -0.2) is 4.98 Å². The van der Waals surface area contributed by atoms with Gasteiger partial charge in [0.25, 0.3) is 0 Å². The minimum atomic E-state index is 0.401. The quantitative estimate of drug-likeness (QED) is 0.715. The predicted octanol–water partition coefficient (Wildman–Crippen LogP) is 4.23. The van der Waals surface area contributed by atoms with Crippen LogP contribution in [-0.2, 0) is 0 Å². The van der Waals surface area contributed by atoms with E-state index < -0.39 is 0 Å². The van der Waals surface area contributed by atoms with Gasteiger partial charge in [0.15, 0.2) is 5.82 Å². The van der Waals surface area contributed by atoms with E-state index in [1.165, 1.54) is 0 Å². The average Bonchev–Trinajstić information content (AvgIpc) is 2.96. The normalized spacial score (nSPS) is 10.5. The van der Waals surface area contributed by atoms with Gasteiger partial charge in [0.05, 0.1) is 12.8 Å². The van der Waals surface area contributed by atoms with Crippen molar-refractivity contribution >= 4 is 34.9 Å². The monoisotopic (exact) mass is 345 g/mol. The van der Waals surface area contributed by atoms with Crippen LogP contribution in [0.2, 0.25) is 5.02 Å². The van der Waals surface area contributed by atoms with Crippen molar-refractivity contribution in [1.29, 1.82) is 0 Å². The zero-order valence-corrected chi connectivity index (χ0v) is 14.2. The minimum absolute atomic E-state index is 0.401. The number of aromatic nitrogens is 3. The zero-order valence-electron chi connectivity index (χ0n) is 13.4. The second-order valence-corrected chi connectivity index (χ2v) is 5.55. The van der Waals surface area contributed by atoms with Crippen molar-refractivity contribution in [3.63, 3.8) is 0 Å².